The molecular weight excluding hydrogens is 626 g/mol. The highest BCUT2D eigenvalue weighted by molar-refractivity contribution is 5.96. The summed E-state index contributed by atoms with van der Waals surface area (Å²) in [7, 11) is 2.15. The van der Waals surface area contributed by atoms with E-state index in [9.17, 15) is 18.4 Å². The number of H-pyrrole nitrogens is 1. The van der Waals surface area contributed by atoms with E-state index in [0.29, 0.717) is 23.6 Å². The average molecular weight is 661 g/mol. The number of anilines is 3. The number of aromatic nitrogens is 5. The van der Waals surface area contributed by atoms with Crippen LogP contribution in [0.15, 0.2) is 96.4 Å². The molecule has 0 saturated carbocycles. The second-order valence-corrected chi connectivity index (χ2v) is 12.2. The molecule has 0 aliphatic carbocycles. The van der Waals surface area contributed by atoms with Gasteiger partial charge in [0.1, 0.15) is 11.2 Å². The Balaban J connectivity index is 1.00. The van der Waals surface area contributed by atoms with Crippen molar-refractivity contribution in [2.45, 2.75) is 19.4 Å². The molecule has 0 spiro atoms. The van der Waals surface area contributed by atoms with Gasteiger partial charge in [0.05, 0.1) is 12.9 Å². The summed E-state index contributed by atoms with van der Waals surface area (Å²) in [5.41, 5.74) is 5.38. The molecule has 0 amide bonds. The fraction of sp³-hybridized carbons (Fsp3) is 0.216. The second kappa shape index (κ2) is 13.8. The van der Waals surface area contributed by atoms with E-state index in [4.69, 9.17) is 4.98 Å². The summed E-state index contributed by atoms with van der Waals surface area (Å²) < 4.78 is 28.2. The van der Waals surface area contributed by atoms with Crippen LogP contribution in [-0.4, -0.2) is 68.4 Å². The number of carbonyl (C=O) groups excluding carboxylic acids is 1. The van der Waals surface area contributed by atoms with Crippen LogP contribution in [0, 0.1) is 11.6 Å². The molecule has 6 aromatic rings. The maximum absolute atomic E-state index is 13.7. The molecule has 0 bridgehead atoms. The lowest BCUT2D eigenvalue weighted by molar-refractivity contribution is 0.0980. The van der Waals surface area contributed by atoms with Crippen molar-refractivity contribution in [3.63, 3.8) is 0 Å². The number of benzene rings is 3. The zero-order chi connectivity index (χ0) is 33.9. The zero-order valence-electron chi connectivity index (χ0n) is 26.9. The first-order valence-electron chi connectivity index (χ1n) is 16.1. The van der Waals surface area contributed by atoms with E-state index in [1.165, 1.54) is 28.8 Å². The van der Waals surface area contributed by atoms with Crippen molar-refractivity contribution in [3.8, 4) is 11.1 Å². The fourth-order valence-corrected chi connectivity index (χ4v) is 6.03. The molecule has 1 aliphatic heterocycles. The number of ketones is 1. The summed E-state index contributed by atoms with van der Waals surface area (Å²) in [5.74, 6) is -1.84. The summed E-state index contributed by atoms with van der Waals surface area (Å²) >= 11 is 0. The Morgan fingerprint density at radius 3 is 2.55 bits per heavy atom. The van der Waals surface area contributed by atoms with Gasteiger partial charge in [-0.2, -0.15) is 4.98 Å². The predicted molar refractivity (Wildman–Crippen MR) is 185 cm³/mol. The summed E-state index contributed by atoms with van der Waals surface area (Å²) in [5, 5.41) is 4.16. The Morgan fingerprint density at radius 1 is 0.939 bits per heavy atom. The number of hydrogen-bond acceptors (Lipinski definition) is 8. The standard InChI is InChI=1S/C37H34F2N8O2/c1-45-13-15-46(16-14-45)28-9-7-27(8-10-28)43-37-42-21-30-29(20-41-35(30)44-37)26-4-2-3-24(17-26)6-12-34(48)31-19-40-23-47(36(31)49)22-25-5-11-32(38)33(39)18-25/h2-5,7-11,17-21,23H,6,12-16,22H2,1H3,(H2,41,42,43,44). The molecule has 4 heterocycles. The lowest BCUT2D eigenvalue weighted by atomic mass is 9.99. The molecule has 0 unspecified atom stereocenters. The number of carbonyl (C=O) groups is 1. The molecule has 12 heteroatoms. The molecule has 0 radical (unpaired) electrons. The van der Waals surface area contributed by atoms with Gasteiger partial charge in [-0.1, -0.05) is 30.3 Å². The summed E-state index contributed by atoms with van der Waals surface area (Å²) in [4.78, 5) is 47.4. The monoisotopic (exact) mass is 660 g/mol. The number of aromatic amines is 1. The van der Waals surface area contributed by atoms with Crippen LogP contribution in [0.2, 0.25) is 0 Å². The van der Waals surface area contributed by atoms with Crippen LogP contribution in [0.4, 0.5) is 26.1 Å². The van der Waals surface area contributed by atoms with Crippen molar-refractivity contribution < 1.29 is 13.6 Å². The van der Waals surface area contributed by atoms with Crippen LogP contribution in [0.25, 0.3) is 22.2 Å². The van der Waals surface area contributed by atoms with Gasteiger partial charge in [0.15, 0.2) is 17.4 Å². The van der Waals surface area contributed by atoms with Crippen molar-refractivity contribution in [2.75, 3.05) is 43.4 Å². The van der Waals surface area contributed by atoms with Crippen molar-refractivity contribution >= 4 is 34.1 Å². The number of piperazine rings is 1. The fourth-order valence-electron chi connectivity index (χ4n) is 6.03. The lowest BCUT2D eigenvalue weighted by Gasteiger charge is -2.34. The van der Waals surface area contributed by atoms with Crippen LogP contribution in [0.3, 0.4) is 0 Å². The van der Waals surface area contributed by atoms with Crippen LogP contribution in [-0.2, 0) is 13.0 Å². The number of likely N-dealkylation sites (N-methyl/N-ethyl adjacent to an activating group) is 1. The third-order valence-electron chi connectivity index (χ3n) is 8.84. The molecular formula is C37H34F2N8O2. The van der Waals surface area contributed by atoms with Gasteiger partial charge in [-0.15, -0.1) is 0 Å². The molecule has 49 heavy (non-hydrogen) atoms. The van der Waals surface area contributed by atoms with Gasteiger partial charge in [-0.3, -0.25) is 14.2 Å². The number of Topliss-reactive ketones (excluding diaryl/α,β-unsaturated/α-hetero) is 1. The highest BCUT2D eigenvalue weighted by Crippen LogP contribution is 2.29. The van der Waals surface area contributed by atoms with Crippen molar-refractivity contribution in [1.82, 2.24) is 29.4 Å². The third-order valence-corrected chi connectivity index (χ3v) is 8.84. The highest BCUT2D eigenvalue weighted by atomic mass is 19.2. The summed E-state index contributed by atoms with van der Waals surface area (Å²) in [6.45, 7) is 4.10. The first-order chi connectivity index (χ1) is 23.8. The normalized spacial score (nSPS) is 13.6. The number of hydrogen-bond donors (Lipinski definition) is 2. The van der Waals surface area contributed by atoms with E-state index < -0.39 is 17.2 Å². The van der Waals surface area contributed by atoms with E-state index in [1.807, 2.05) is 42.6 Å². The Hall–Kier alpha value is -5.75. The zero-order valence-corrected chi connectivity index (χ0v) is 26.9. The number of aryl methyl sites for hydroxylation is 1. The molecule has 1 saturated heterocycles. The number of fused-ring (bicyclic) bond motifs is 1. The largest absolute Gasteiger partial charge is 0.369 e. The predicted octanol–water partition coefficient (Wildman–Crippen LogP) is 5.82. The van der Waals surface area contributed by atoms with E-state index in [-0.39, 0.29) is 24.3 Å². The maximum atomic E-state index is 13.7. The Kier molecular flexibility index (Phi) is 8.95. The summed E-state index contributed by atoms with van der Waals surface area (Å²) in [6, 6.07) is 19.6. The van der Waals surface area contributed by atoms with Crippen LogP contribution in [0.5, 0.6) is 0 Å². The molecule has 3 aromatic heterocycles. The van der Waals surface area contributed by atoms with Crippen LogP contribution in [0.1, 0.15) is 27.9 Å². The van der Waals surface area contributed by atoms with E-state index in [2.05, 4.69) is 49.2 Å². The Labute approximate surface area is 281 Å². The van der Waals surface area contributed by atoms with Gasteiger partial charge in [0, 0.05) is 73.5 Å². The van der Waals surface area contributed by atoms with E-state index in [0.717, 1.165) is 66.1 Å². The number of nitrogens with one attached hydrogen (secondary N) is 2. The molecule has 0 atom stereocenters. The van der Waals surface area contributed by atoms with Gasteiger partial charge >= 0.3 is 0 Å². The Morgan fingerprint density at radius 2 is 1.76 bits per heavy atom. The molecule has 10 nitrogen and oxygen atoms in total. The minimum atomic E-state index is -1.01. The van der Waals surface area contributed by atoms with Gasteiger partial charge in [0.25, 0.3) is 5.56 Å². The van der Waals surface area contributed by atoms with Crippen molar-refractivity contribution in [2.24, 2.45) is 0 Å². The molecule has 1 fully saturated rings. The van der Waals surface area contributed by atoms with Crippen LogP contribution >= 0.6 is 0 Å². The minimum absolute atomic E-state index is 0.0393. The molecule has 1 aliphatic rings. The molecule has 2 N–H and O–H groups in total. The van der Waals surface area contributed by atoms with Gasteiger partial charge < -0.3 is 20.1 Å². The van der Waals surface area contributed by atoms with Gasteiger partial charge in [0.2, 0.25) is 5.95 Å². The van der Waals surface area contributed by atoms with Crippen LogP contribution < -0.4 is 15.8 Å². The Bertz CT molecular complexity index is 2190. The number of rotatable bonds is 10. The SMILES string of the molecule is CN1CCN(c2ccc(Nc3ncc4c(-c5cccc(CCC(=O)c6cncn(Cc7ccc(F)c(F)c7)c6=O)c5)c[nH]c4n3)cc2)CC1. The van der Waals surface area contributed by atoms with E-state index in [1.54, 1.807) is 6.20 Å². The second-order valence-electron chi connectivity index (χ2n) is 12.2. The first kappa shape index (κ1) is 31.8. The average Bonchev–Trinajstić information content (AvgIpc) is 3.54. The smallest absolute Gasteiger partial charge is 0.264 e. The quantitative estimate of drug-likeness (QED) is 0.177. The number of halogens is 2. The molecule has 3 aromatic carbocycles. The van der Waals surface area contributed by atoms with Crippen molar-refractivity contribution in [1.29, 1.82) is 0 Å². The maximum Gasteiger partial charge on any atom is 0.264 e. The minimum Gasteiger partial charge on any atom is -0.369 e. The molecule has 248 valence electrons. The highest BCUT2D eigenvalue weighted by Gasteiger charge is 2.16. The topological polar surface area (TPSA) is 112 Å². The van der Waals surface area contributed by atoms with E-state index >= 15 is 0 Å². The third kappa shape index (κ3) is 7.09. The lowest BCUT2D eigenvalue weighted by Crippen LogP contribution is -2.44. The van der Waals surface area contributed by atoms with Crippen molar-refractivity contribution in [3.05, 3.63) is 130 Å². The number of nitrogens with zero attached hydrogens (tertiary/aromatic N) is 6. The van der Waals surface area contributed by atoms with Gasteiger partial charge in [-0.25, -0.2) is 18.7 Å². The summed E-state index contributed by atoms with van der Waals surface area (Å²) in [6.07, 6.45) is 6.72. The first-order valence-corrected chi connectivity index (χ1v) is 16.1. The van der Waals surface area contributed by atoms with Gasteiger partial charge in [-0.05, 0) is 66.6 Å². The molecule has 7 rings (SSSR count).